The number of hydrogen-bond donors (Lipinski definition) is 1. The van der Waals surface area contributed by atoms with Crippen LogP contribution >= 0.6 is 0 Å². The Bertz CT molecular complexity index is 621. The van der Waals surface area contributed by atoms with E-state index in [0.29, 0.717) is 11.1 Å². The molecule has 0 amide bonds. The van der Waals surface area contributed by atoms with Crippen LogP contribution in [0.15, 0.2) is 54.6 Å². The maximum absolute atomic E-state index is 12.8. The molecule has 0 radical (unpaired) electrons. The van der Waals surface area contributed by atoms with Gasteiger partial charge in [0.2, 0.25) is 0 Å². The minimum Gasteiger partial charge on any atom is -0.305 e. The summed E-state index contributed by atoms with van der Waals surface area (Å²) in [5, 5.41) is -0.763. The fourth-order valence-electron chi connectivity index (χ4n) is 1.72. The molecule has 2 atom stereocenters. The third-order valence-corrected chi connectivity index (χ3v) is 3.61. The summed E-state index contributed by atoms with van der Waals surface area (Å²) in [5.41, 5.74) is 1.24. The van der Waals surface area contributed by atoms with E-state index < -0.39 is 22.1 Å². The van der Waals surface area contributed by atoms with E-state index in [0.717, 1.165) is 0 Å². The molecule has 2 aromatic rings. The summed E-state index contributed by atoms with van der Waals surface area (Å²) in [4.78, 5) is 0. The summed E-state index contributed by atoms with van der Waals surface area (Å²) in [5.74, 6) is -0.748. The Morgan fingerprint density at radius 3 is 1.95 bits per heavy atom. The Morgan fingerprint density at radius 2 is 1.45 bits per heavy atom. The monoisotopic (exact) mass is 294 g/mol. The lowest BCUT2D eigenvalue weighted by Gasteiger charge is -2.08. The van der Waals surface area contributed by atoms with Gasteiger partial charge in [-0.15, -0.1) is 0 Å². The first-order valence-corrected chi connectivity index (χ1v) is 7.02. The van der Waals surface area contributed by atoms with Crippen LogP contribution in [0.1, 0.15) is 16.4 Å². The van der Waals surface area contributed by atoms with Gasteiger partial charge in [-0.3, -0.25) is 0 Å². The van der Waals surface area contributed by atoms with Gasteiger partial charge >= 0.3 is 0 Å². The summed E-state index contributed by atoms with van der Waals surface area (Å²) in [6, 6.07) is 11.1. The van der Waals surface area contributed by atoms with Crippen molar-refractivity contribution in [1.29, 1.82) is 0 Å². The fraction of sp³-hybridized carbons (Fsp3) is 0.0667. The predicted octanol–water partition coefficient (Wildman–Crippen LogP) is 3.94. The van der Waals surface area contributed by atoms with Gasteiger partial charge in [-0.25, -0.2) is 13.0 Å². The molecule has 5 heteroatoms. The van der Waals surface area contributed by atoms with Gasteiger partial charge in [0.15, 0.2) is 11.1 Å². The summed E-state index contributed by atoms with van der Waals surface area (Å²) < 4.78 is 46.3. The molecular formula is C15H12F2O2S. The second-order valence-corrected chi connectivity index (χ2v) is 5.22. The highest BCUT2D eigenvalue weighted by molar-refractivity contribution is 7.79. The second kappa shape index (κ2) is 6.54. The predicted molar refractivity (Wildman–Crippen MR) is 75.3 cm³/mol. The zero-order valence-corrected chi connectivity index (χ0v) is 11.2. The van der Waals surface area contributed by atoms with Gasteiger partial charge in [0, 0.05) is 0 Å². The van der Waals surface area contributed by atoms with Crippen molar-refractivity contribution in [2.45, 2.75) is 5.25 Å². The highest BCUT2D eigenvalue weighted by Crippen LogP contribution is 2.22. The summed E-state index contributed by atoms with van der Waals surface area (Å²) in [7, 11) is 0. The molecule has 0 aliphatic rings. The van der Waals surface area contributed by atoms with Gasteiger partial charge in [-0.05, 0) is 35.4 Å². The van der Waals surface area contributed by atoms with Gasteiger partial charge < -0.3 is 4.55 Å². The molecule has 0 fully saturated rings. The molecule has 0 saturated carbocycles. The number of benzene rings is 2. The minimum atomic E-state index is -2.12. The lowest BCUT2D eigenvalue weighted by Crippen LogP contribution is -2.02. The van der Waals surface area contributed by atoms with Crippen molar-refractivity contribution in [2.75, 3.05) is 0 Å². The van der Waals surface area contributed by atoms with E-state index in [4.69, 9.17) is 0 Å². The summed E-state index contributed by atoms with van der Waals surface area (Å²) in [6.45, 7) is 0. The number of halogens is 2. The Hall–Kier alpha value is -1.85. The smallest absolute Gasteiger partial charge is 0.164 e. The molecule has 0 saturated heterocycles. The Labute approximate surface area is 118 Å². The van der Waals surface area contributed by atoms with Crippen molar-refractivity contribution in [3.8, 4) is 0 Å². The largest absolute Gasteiger partial charge is 0.305 e. The van der Waals surface area contributed by atoms with Crippen LogP contribution in [-0.4, -0.2) is 8.76 Å². The Balaban J connectivity index is 2.23. The van der Waals surface area contributed by atoms with Crippen LogP contribution in [0.4, 0.5) is 8.78 Å². The molecule has 0 bridgehead atoms. The molecule has 0 aliphatic carbocycles. The van der Waals surface area contributed by atoms with Crippen LogP contribution in [0.3, 0.4) is 0 Å². The quantitative estimate of drug-likeness (QED) is 0.867. The zero-order valence-electron chi connectivity index (χ0n) is 10.4. The standard InChI is InChI=1S/C15H12F2O2S/c16-13-6-1-11(2-7-13)3-10-15(20(18)19)12-4-8-14(17)9-5-12/h1-10,15H,(H,18,19). The third-order valence-electron chi connectivity index (χ3n) is 2.75. The van der Waals surface area contributed by atoms with E-state index in [1.165, 1.54) is 42.5 Å². The van der Waals surface area contributed by atoms with E-state index in [-0.39, 0.29) is 5.82 Å². The first-order chi connectivity index (χ1) is 9.56. The van der Waals surface area contributed by atoms with Crippen molar-refractivity contribution < 1.29 is 17.5 Å². The van der Waals surface area contributed by atoms with Gasteiger partial charge in [0.05, 0.1) is 0 Å². The second-order valence-electron chi connectivity index (χ2n) is 4.16. The zero-order chi connectivity index (χ0) is 14.5. The first kappa shape index (κ1) is 14.6. The average molecular weight is 294 g/mol. The number of hydrogen-bond acceptors (Lipinski definition) is 1. The molecule has 20 heavy (non-hydrogen) atoms. The molecule has 2 aromatic carbocycles. The van der Waals surface area contributed by atoms with Crippen molar-refractivity contribution in [2.24, 2.45) is 0 Å². The van der Waals surface area contributed by atoms with Crippen LogP contribution in [0.5, 0.6) is 0 Å². The molecule has 0 aromatic heterocycles. The molecular weight excluding hydrogens is 282 g/mol. The molecule has 0 aliphatic heterocycles. The fourth-order valence-corrected chi connectivity index (χ4v) is 2.32. The van der Waals surface area contributed by atoms with E-state index in [2.05, 4.69) is 0 Å². The number of rotatable bonds is 4. The van der Waals surface area contributed by atoms with E-state index >= 15 is 0 Å². The van der Waals surface area contributed by atoms with E-state index in [1.54, 1.807) is 18.2 Å². The Kier molecular flexibility index (Phi) is 4.76. The molecule has 2 nitrogen and oxygen atoms in total. The van der Waals surface area contributed by atoms with E-state index in [1.807, 2.05) is 0 Å². The van der Waals surface area contributed by atoms with Gasteiger partial charge in [-0.2, -0.15) is 0 Å². The summed E-state index contributed by atoms with van der Waals surface area (Å²) >= 11 is -2.12. The normalized spacial score (nSPS) is 14.3. The van der Waals surface area contributed by atoms with E-state index in [9.17, 15) is 17.5 Å². The van der Waals surface area contributed by atoms with Crippen LogP contribution in [0.25, 0.3) is 6.08 Å². The molecule has 0 heterocycles. The van der Waals surface area contributed by atoms with Gasteiger partial charge in [-0.1, -0.05) is 36.4 Å². The summed E-state index contributed by atoms with van der Waals surface area (Å²) in [6.07, 6.45) is 3.16. The van der Waals surface area contributed by atoms with Gasteiger partial charge in [0.1, 0.15) is 16.9 Å². The molecule has 0 spiro atoms. The lowest BCUT2D eigenvalue weighted by molar-refractivity contribution is 0.558. The molecule has 2 unspecified atom stereocenters. The maximum Gasteiger partial charge on any atom is 0.164 e. The third kappa shape index (κ3) is 3.82. The molecule has 104 valence electrons. The lowest BCUT2D eigenvalue weighted by atomic mass is 10.1. The van der Waals surface area contributed by atoms with Crippen LogP contribution < -0.4 is 0 Å². The maximum atomic E-state index is 12.8. The van der Waals surface area contributed by atoms with Crippen LogP contribution in [0.2, 0.25) is 0 Å². The first-order valence-electron chi connectivity index (χ1n) is 5.85. The SMILES string of the molecule is O=S(O)C(C=Cc1ccc(F)cc1)c1ccc(F)cc1. The highest BCUT2D eigenvalue weighted by Gasteiger charge is 2.14. The van der Waals surface area contributed by atoms with Crippen molar-refractivity contribution in [3.63, 3.8) is 0 Å². The molecule has 2 rings (SSSR count). The average Bonchev–Trinajstić information content (AvgIpc) is 2.43. The van der Waals surface area contributed by atoms with Crippen molar-refractivity contribution in [3.05, 3.63) is 77.4 Å². The Morgan fingerprint density at radius 1 is 0.950 bits per heavy atom. The van der Waals surface area contributed by atoms with Crippen LogP contribution in [0, 0.1) is 11.6 Å². The minimum absolute atomic E-state index is 0.344. The van der Waals surface area contributed by atoms with Crippen LogP contribution in [-0.2, 0) is 11.1 Å². The molecule has 1 N–H and O–H groups in total. The highest BCUT2D eigenvalue weighted by atomic mass is 32.2. The van der Waals surface area contributed by atoms with Crippen molar-refractivity contribution >= 4 is 17.2 Å². The van der Waals surface area contributed by atoms with Crippen molar-refractivity contribution in [1.82, 2.24) is 0 Å². The van der Waals surface area contributed by atoms with Gasteiger partial charge in [0.25, 0.3) is 0 Å². The topological polar surface area (TPSA) is 37.3 Å².